The Balaban J connectivity index is 2.45. The average molecular weight is 231 g/mol. The summed E-state index contributed by atoms with van der Waals surface area (Å²) in [6, 6.07) is 7.71. The van der Waals surface area contributed by atoms with E-state index in [4.69, 9.17) is 0 Å². The molecule has 0 aliphatic rings. The van der Waals surface area contributed by atoms with Crippen LogP contribution in [0, 0.1) is 12.7 Å². The van der Waals surface area contributed by atoms with Gasteiger partial charge in [-0.25, -0.2) is 4.39 Å². The van der Waals surface area contributed by atoms with E-state index in [1.165, 1.54) is 12.1 Å². The lowest BCUT2D eigenvalue weighted by Crippen LogP contribution is -2.23. The van der Waals surface area contributed by atoms with Gasteiger partial charge in [0.05, 0.1) is 0 Å². The maximum Gasteiger partial charge on any atom is 0.123 e. The number of hydrogen-bond donors (Lipinski definition) is 1. The summed E-state index contributed by atoms with van der Waals surface area (Å²) in [5, 5.41) is 10.5. The maximum absolute atomic E-state index is 12.8. The van der Waals surface area contributed by atoms with E-state index in [2.05, 4.69) is 4.98 Å². The molecule has 1 unspecified atom stereocenters. The molecule has 1 N–H and O–H groups in total. The molecule has 2 rings (SSSR count). The van der Waals surface area contributed by atoms with Crippen LogP contribution in [-0.2, 0) is 5.60 Å². The highest BCUT2D eigenvalue weighted by atomic mass is 19.1. The van der Waals surface area contributed by atoms with Crippen LogP contribution in [0.15, 0.2) is 42.7 Å². The van der Waals surface area contributed by atoms with Crippen LogP contribution in [0.4, 0.5) is 4.39 Å². The van der Waals surface area contributed by atoms with Gasteiger partial charge < -0.3 is 5.11 Å². The van der Waals surface area contributed by atoms with Crippen LogP contribution in [0.25, 0.3) is 0 Å². The van der Waals surface area contributed by atoms with Crippen molar-refractivity contribution in [2.45, 2.75) is 19.4 Å². The molecular formula is C14H14FNO. The molecule has 0 fully saturated rings. The van der Waals surface area contributed by atoms with Crippen molar-refractivity contribution in [2.75, 3.05) is 0 Å². The number of pyridine rings is 1. The number of benzene rings is 1. The first kappa shape index (κ1) is 11.7. The van der Waals surface area contributed by atoms with Gasteiger partial charge in [-0.2, -0.15) is 0 Å². The van der Waals surface area contributed by atoms with Gasteiger partial charge in [-0.1, -0.05) is 12.1 Å². The van der Waals surface area contributed by atoms with Gasteiger partial charge in [0, 0.05) is 18.0 Å². The van der Waals surface area contributed by atoms with Crippen molar-refractivity contribution >= 4 is 0 Å². The first-order valence-electron chi connectivity index (χ1n) is 5.41. The highest BCUT2D eigenvalue weighted by Gasteiger charge is 2.25. The van der Waals surface area contributed by atoms with E-state index in [0.29, 0.717) is 11.1 Å². The molecule has 2 aromatic rings. The van der Waals surface area contributed by atoms with Crippen molar-refractivity contribution < 1.29 is 9.50 Å². The highest BCUT2D eigenvalue weighted by Crippen LogP contribution is 2.28. The van der Waals surface area contributed by atoms with Crippen LogP contribution in [-0.4, -0.2) is 10.1 Å². The van der Waals surface area contributed by atoms with Gasteiger partial charge >= 0.3 is 0 Å². The van der Waals surface area contributed by atoms with Crippen LogP contribution in [0.2, 0.25) is 0 Å². The predicted molar refractivity (Wildman–Crippen MR) is 64.0 cm³/mol. The van der Waals surface area contributed by atoms with Crippen LogP contribution in [0.5, 0.6) is 0 Å². The van der Waals surface area contributed by atoms with Crippen LogP contribution in [0.1, 0.15) is 23.6 Å². The molecular weight excluding hydrogens is 217 g/mol. The Morgan fingerprint density at radius 3 is 2.35 bits per heavy atom. The van der Waals surface area contributed by atoms with Gasteiger partial charge in [0.15, 0.2) is 0 Å². The predicted octanol–water partition coefficient (Wildman–Crippen LogP) is 2.78. The fourth-order valence-electron chi connectivity index (χ4n) is 1.76. The molecule has 1 atom stereocenters. The lowest BCUT2D eigenvalue weighted by atomic mass is 9.89. The fourth-order valence-corrected chi connectivity index (χ4v) is 1.76. The Bertz CT molecular complexity index is 520. The number of halogens is 1. The van der Waals surface area contributed by atoms with E-state index in [1.54, 1.807) is 31.5 Å². The maximum atomic E-state index is 12.8. The van der Waals surface area contributed by atoms with Gasteiger partial charge in [-0.15, -0.1) is 0 Å². The molecule has 1 aromatic heterocycles. The van der Waals surface area contributed by atoms with Gasteiger partial charge in [0.25, 0.3) is 0 Å². The second kappa shape index (κ2) is 4.26. The molecule has 3 heteroatoms. The van der Waals surface area contributed by atoms with Gasteiger partial charge in [0.2, 0.25) is 0 Å². The smallest absolute Gasteiger partial charge is 0.123 e. The van der Waals surface area contributed by atoms with Gasteiger partial charge in [0.1, 0.15) is 11.4 Å². The van der Waals surface area contributed by atoms with Gasteiger partial charge in [-0.3, -0.25) is 4.98 Å². The van der Waals surface area contributed by atoms with Crippen molar-refractivity contribution in [1.82, 2.24) is 4.98 Å². The van der Waals surface area contributed by atoms with Crippen molar-refractivity contribution in [2.24, 2.45) is 0 Å². The van der Waals surface area contributed by atoms with E-state index in [1.807, 2.05) is 13.0 Å². The summed E-state index contributed by atoms with van der Waals surface area (Å²) in [6.07, 6.45) is 3.35. The Morgan fingerprint density at radius 1 is 1.12 bits per heavy atom. The van der Waals surface area contributed by atoms with Gasteiger partial charge in [-0.05, 0) is 43.2 Å². The fraction of sp³-hybridized carbons (Fsp3) is 0.214. The standard InChI is InChI=1S/C14H14FNO/c1-10-7-12(9-16-8-10)14(2,17)11-3-5-13(15)6-4-11/h3-9,17H,1-2H3. The minimum atomic E-state index is -1.16. The Hall–Kier alpha value is -1.74. The third-order valence-corrected chi connectivity index (χ3v) is 2.84. The molecule has 0 aliphatic carbocycles. The van der Waals surface area contributed by atoms with Crippen molar-refractivity contribution in [3.8, 4) is 0 Å². The second-order valence-electron chi connectivity index (χ2n) is 4.33. The van der Waals surface area contributed by atoms with E-state index in [-0.39, 0.29) is 5.82 Å². The third-order valence-electron chi connectivity index (χ3n) is 2.84. The third kappa shape index (κ3) is 2.34. The lowest BCUT2D eigenvalue weighted by Gasteiger charge is -2.24. The Kier molecular flexibility index (Phi) is 2.94. The van der Waals surface area contributed by atoms with Crippen LogP contribution in [0.3, 0.4) is 0 Å². The summed E-state index contributed by atoms with van der Waals surface area (Å²) >= 11 is 0. The zero-order chi connectivity index (χ0) is 12.5. The molecule has 1 heterocycles. The summed E-state index contributed by atoms with van der Waals surface area (Å²) < 4.78 is 12.8. The lowest BCUT2D eigenvalue weighted by molar-refractivity contribution is 0.102. The van der Waals surface area contributed by atoms with Crippen LogP contribution < -0.4 is 0 Å². The van der Waals surface area contributed by atoms with E-state index < -0.39 is 5.60 Å². The number of aryl methyl sites for hydroxylation is 1. The monoisotopic (exact) mass is 231 g/mol. The quantitative estimate of drug-likeness (QED) is 0.862. The molecule has 0 amide bonds. The largest absolute Gasteiger partial charge is 0.381 e. The topological polar surface area (TPSA) is 33.1 Å². The molecule has 88 valence electrons. The first-order chi connectivity index (χ1) is 8.00. The summed E-state index contributed by atoms with van der Waals surface area (Å²) in [6.45, 7) is 3.59. The molecule has 0 aliphatic heterocycles. The van der Waals surface area contributed by atoms with E-state index >= 15 is 0 Å². The van der Waals surface area contributed by atoms with E-state index in [0.717, 1.165) is 5.56 Å². The molecule has 0 spiro atoms. The molecule has 0 bridgehead atoms. The zero-order valence-electron chi connectivity index (χ0n) is 9.81. The molecule has 0 radical (unpaired) electrons. The normalized spacial score (nSPS) is 14.4. The van der Waals surface area contributed by atoms with E-state index in [9.17, 15) is 9.50 Å². The molecule has 0 saturated carbocycles. The molecule has 1 aromatic carbocycles. The number of nitrogens with zero attached hydrogens (tertiary/aromatic N) is 1. The first-order valence-corrected chi connectivity index (χ1v) is 5.41. The second-order valence-corrected chi connectivity index (χ2v) is 4.33. The number of aliphatic hydroxyl groups is 1. The SMILES string of the molecule is Cc1cncc(C(C)(O)c2ccc(F)cc2)c1. The molecule has 2 nitrogen and oxygen atoms in total. The summed E-state index contributed by atoms with van der Waals surface area (Å²) in [4.78, 5) is 4.06. The van der Waals surface area contributed by atoms with Crippen molar-refractivity contribution in [3.63, 3.8) is 0 Å². The zero-order valence-corrected chi connectivity index (χ0v) is 9.81. The average Bonchev–Trinajstić information content (AvgIpc) is 2.29. The number of hydrogen-bond acceptors (Lipinski definition) is 2. The summed E-state index contributed by atoms with van der Waals surface area (Å²) in [5.74, 6) is -0.313. The number of rotatable bonds is 2. The van der Waals surface area contributed by atoms with Crippen molar-refractivity contribution in [3.05, 3.63) is 65.2 Å². The summed E-state index contributed by atoms with van der Waals surface area (Å²) in [5.41, 5.74) is 1.16. The van der Waals surface area contributed by atoms with Crippen molar-refractivity contribution in [1.29, 1.82) is 0 Å². The number of aromatic nitrogens is 1. The highest BCUT2D eigenvalue weighted by molar-refractivity contribution is 5.35. The minimum absolute atomic E-state index is 0.313. The Labute approximate surface area is 99.8 Å². The van der Waals surface area contributed by atoms with Crippen LogP contribution >= 0.6 is 0 Å². The molecule has 17 heavy (non-hydrogen) atoms. The summed E-state index contributed by atoms with van der Waals surface area (Å²) in [7, 11) is 0. The minimum Gasteiger partial charge on any atom is -0.381 e. The Morgan fingerprint density at radius 2 is 1.76 bits per heavy atom. The molecule has 0 saturated heterocycles.